The van der Waals surface area contributed by atoms with Crippen LogP contribution in [0.3, 0.4) is 0 Å². The van der Waals surface area contributed by atoms with Crippen molar-refractivity contribution in [1.29, 1.82) is 0 Å². The summed E-state index contributed by atoms with van der Waals surface area (Å²) in [6.45, 7) is 14.9. The highest BCUT2D eigenvalue weighted by Crippen LogP contribution is 2.68. The van der Waals surface area contributed by atoms with E-state index in [1.807, 2.05) is 0 Å². The zero-order valence-corrected chi connectivity index (χ0v) is 28.8. The van der Waals surface area contributed by atoms with Gasteiger partial charge in [-0.1, -0.05) is 98.1 Å². The lowest BCUT2D eigenvalue weighted by Gasteiger charge is -2.59. The smallest absolute Gasteiger partial charge is 0.306 e. The van der Waals surface area contributed by atoms with Crippen LogP contribution in [-0.4, -0.2) is 23.1 Å². The van der Waals surface area contributed by atoms with Crippen LogP contribution in [0.4, 0.5) is 0 Å². The Morgan fingerprint density at radius 2 is 1.72 bits per heavy atom. The average Bonchev–Trinajstić information content (AvgIpc) is 3.30. The third-order valence-corrected chi connectivity index (χ3v) is 13.2. The SMILES string of the molecule is CCCCCCC1C[C@@]2(C)C(=CC[C@H]3[C@@H]4CC[C@H](C(C)CCCC(C)C)[C@@]4(C)CC[C@@H]32)C[C@H]1OC(=O)CCCCC(=O)O. The highest BCUT2D eigenvalue weighted by Gasteiger charge is 2.60. The summed E-state index contributed by atoms with van der Waals surface area (Å²) < 4.78 is 6.24. The summed E-state index contributed by atoms with van der Waals surface area (Å²) in [4.78, 5) is 23.8. The van der Waals surface area contributed by atoms with Gasteiger partial charge in [0.25, 0.3) is 0 Å². The van der Waals surface area contributed by atoms with Crippen molar-refractivity contribution in [2.45, 2.75) is 170 Å². The molecule has 3 fully saturated rings. The van der Waals surface area contributed by atoms with Gasteiger partial charge < -0.3 is 9.84 Å². The minimum atomic E-state index is -0.790. The lowest BCUT2D eigenvalue weighted by Crippen LogP contribution is -2.52. The predicted molar refractivity (Wildman–Crippen MR) is 177 cm³/mol. The van der Waals surface area contributed by atoms with Crippen LogP contribution in [0.5, 0.6) is 0 Å². The van der Waals surface area contributed by atoms with Gasteiger partial charge in [-0.25, -0.2) is 0 Å². The van der Waals surface area contributed by atoms with Gasteiger partial charge in [-0.2, -0.15) is 0 Å². The second kappa shape index (κ2) is 15.3. The number of ether oxygens (including phenoxy) is 1. The molecule has 0 saturated heterocycles. The minimum Gasteiger partial charge on any atom is -0.481 e. The van der Waals surface area contributed by atoms with Crippen LogP contribution in [0.2, 0.25) is 0 Å². The largest absolute Gasteiger partial charge is 0.481 e. The molecule has 43 heavy (non-hydrogen) atoms. The van der Waals surface area contributed by atoms with Gasteiger partial charge in [0.2, 0.25) is 0 Å². The average molecular weight is 599 g/mol. The Morgan fingerprint density at radius 1 is 0.953 bits per heavy atom. The first-order valence-electron chi connectivity index (χ1n) is 18.6. The molecule has 0 spiro atoms. The molecule has 2 unspecified atom stereocenters. The van der Waals surface area contributed by atoms with E-state index in [4.69, 9.17) is 9.84 Å². The number of unbranched alkanes of at least 4 members (excludes halogenated alkanes) is 4. The van der Waals surface area contributed by atoms with Crippen LogP contribution >= 0.6 is 0 Å². The number of aliphatic carboxylic acids is 1. The second-order valence-electron chi connectivity index (χ2n) is 16.4. The molecule has 4 nitrogen and oxygen atoms in total. The van der Waals surface area contributed by atoms with E-state index in [0.29, 0.717) is 30.6 Å². The van der Waals surface area contributed by atoms with Gasteiger partial charge in [-0.15, -0.1) is 0 Å². The Morgan fingerprint density at radius 3 is 2.44 bits per heavy atom. The zero-order chi connectivity index (χ0) is 31.2. The van der Waals surface area contributed by atoms with Crippen molar-refractivity contribution < 1.29 is 19.4 Å². The molecule has 4 rings (SSSR count). The normalized spacial score (nSPS) is 35.9. The topological polar surface area (TPSA) is 63.6 Å². The molecule has 4 aliphatic rings. The maximum Gasteiger partial charge on any atom is 0.306 e. The molecule has 0 aromatic heterocycles. The van der Waals surface area contributed by atoms with E-state index in [0.717, 1.165) is 48.3 Å². The standard InChI is InChI=1S/C39H66O4/c1-7-8-9-10-16-29-26-39(6)30(25-35(29)43-37(42)18-12-11-17-36(40)41)19-20-31-33-22-21-32(28(4)15-13-14-27(2)3)38(33,5)24-23-34(31)39/h19,27-29,31-35H,7-18,20-26H2,1-6H3,(H,40,41)/t28?,29?,31-,32+,33-,34-,35+,38+,39-/m0/s1. The first kappa shape index (κ1) is 34.6. The lowest BCUT2D eigenvalue weighted by molar-refractivity contribution is -0.156. The second-order valence-corrected chi connectivity index (χ2v) is 16.4. The fourth-order valence-corrected chi connectivity index (χ4v) is 10.9. The fraction of sp³-hybridized carbons (Fsp3) is 0.897. The highest BCUT2D eigenvalue weighted by molar-refractivity contribution is 5.70. The van der Waals surface area contributed by atoms with Crippen molar-refractivity contribution in [2.24, 2.45) is 52.3 Å². The van der Waals surface area contributed by atoms with Crippen LogP contribution in [0, 0.1) is 52.3 Å². The number of hydrogen-bond acceptors (Lipinski definition) is 3. The summed E-state index contributed by atoms with van der Waals surface area (Å²) in [5.41, 5.74) is 2.33. The highest BCUT2D eigenvalue weighted by atomic mass is 16.5. The van der Waals surface area contributed by atoms with Gasteiger partial charge in [-0.05, 0) is 110 Å². The summed E-state index contributed by atoms with van der Waals surface area (Å²) in [5, 5.41) is 8.94. The number of hydrogen-bond donors (Lipinski definition) is 1. The summed E-state index contributed by atoms with van der Waals surface area (Å²) in [7, 11) is 0. The van der Waals surface area contributed by atoms with Crippen LogP contribution in [-0.2, 0) is 14.3 Å². The Kier molecular flexibility index (Phi) is 12.3. The van der Waals surface area contributed by atoms with Crippen molar-refractivity contribution in [3.63, 3.8) is 0 Å². The monoisotopic (exact) mass is 598 g/mol. The molecule has 0 radical (unpaired) electrons. The van der Waals surface area contributed by atoms with Crippen molar-refractivity contribution in [3.05, 3.63) is 11.6 Å². The molecule has 3 saturated carbocycles. The van der Waals surface area contributed by atoms with E-state index in [9.17, 15) is 9.59 Å². The summed E-state index contributed by atoms with van der Waals surface area (Å²) in [5.74, 6) is 4.52. The molecule has 0 bridgehead atoms. The number of rotatable bonds is 16. The molecule has 0 aliphatic heterocycles. The molecule has 4 aliphatic carbocycles. The number of esters is 1. The number of fused-ring (bicyclic) bond motifs is 5. The molecular weight excluding hydrogens is 532 g/mol. The third kappa shape index (κ3) is 8.10. The van der Waals surface area contributed by atoms with Crippen LogP contribution < -0.4 is 0 Å². The molecule has 0 heterocycles. The summed E-state index contributed by atoms with van der Waals surface area (Å²) >= 11 is 0. The van der Waals surface area contributed by atoms with E-state index in [1.165, 1.54) is 83.5 Å². The number of carbonyl (C=O) groups excluding carboxylic acids is 1. The maximum absolute atomic E-state index is 12.9. The van der Waals surface area contributed by atoms with E-state index in [2.05, 4.69) is 47.6 Å². The molecular formula is C39H66O4. The van der Waals surface area contributed by atoms with Gasteiger partial charge in [0.15, 0.2) is 0 Å². The first-order valence-corrected chi connectivity index (χ1v) is 18.6. The molecule has 0 aromatic rings. The van der Waals surface area contributed by atoms with Gasteiger partial charge in [0.05, 0.1) is 0 Å². The fourth-order valence-electron chi connectivity index (χ4n) is 10.9. The molecule has 0 amide bonds. The molecule has 246 valence electrons. The third-order valence-electron chi connectivity index (χ3n) is 13.2. The minimum absolute atomic E-state index is 0.0131. The van der Waals surface area contributed by atoms with E-state index in [-0.39, 0.29) is 23.9 Å². The van der Waals surface area contributed by atoms with Gasteiger partial charge in [0.1, 0.15) is 6.10 Å². The summed E-state index contributed by atoms with van der Waals surface area (Å²) in [6, 6.07) is 0. The zero-order valence-electron chi connectivity index (χ0n) is 28.8. The summed E-state index contributed by atoms with van der Waals surface area (Å²) in [6.07, 6.45) is 23.5. The lowest BCUT2D eigenvalue weighted by atomic mass is 9.46. The van der Waals surface area contributed by atoms with Crippen LogP contribution in [0.25, 0.3) is 0 Å². The molecule has 4 heteroatoms. The van der Waals surface area contributed by atoms with E-state index in [1.54, 1.807) is 5.57 Å². The molecule has 1 N–H and O–H groups in total. The Hall–Kier alpha value is -1.32. The number of allylic oxidation sites excluding steroid dienone is 1. The van der Waals surface area contributed by atoms with Crippen LogP contribution in [0.15, 0.2) is 11.6 Å². The number of carbonyl (C=O) groups is 2. The molecule has 0 aromatic carbocycles. The van der Waals surface area contributed by atoms with E-state index >= 15 is 0 Å². The van der Waals surface area contributed by atoms with Crippen LogP contribution in [0.1, 0.15) is 164 Å². The predicted octanol–water partition coefficient (Wildman–Crippen LogP) is 10.8. The van der Waals surface area contributed by atoms with Crippen molar-refractivity contribution in [2.75, 3.05) is 0 Å². The maximum atomic E-state index is 12.9. The number of carboxylic acid groups (broad SMARTS) is 1. The number of carboxylic acids is 1. The van der Waals surface area contributed by atoms with Crippen molar-refractivity contribution in [3.8, 4) is 0 Å². The van der Waals surface area contributed by atoms with Crippen molar-refractivity contribution in [1.82, 2.24) is 0 Å². The Labute approximate surface area is 264 Å². The van der Waals surface area contributed by atoms with Crippen molar-refractivity contribution >= 4 is 11.9 Å². The van der Waals surface area contributed by atoms with Gasteiger partial charge >= 0.3 is 11.9 Å². The van der Waals surface area contributed by atoms with E-state index < -0.39 is 5.97 Å². The van der Waals surface area contributed by atoms with Gasteiger partial charge in [0, 0.05) is 19.3 Å². The molecule has 9 atom stereocenters. The Balaban J connectivity index is 1.45. The van der Waals surface area contributed by atoms with Gasteiger partial charge in [-0.3, -0.25) is 9.59 Å². The quantitative estimate of drug-likeness (QED) is 0.109. The Bertz CT molecular complexity index is 953. The first-order chi connectivity index (χ1) is 20.5.